The second-order valence-corrected chi connectivity index (χ2v) is 10.9. The summed E-state index contributed by atoms with van der Waals surface area (Å²) in [7, 11) is 0. The van der Waals surface area contributed by atoms with E-state index in [0.717, 1.165) is 77.0 Å². The summed E-state index contributed by atoms with van der Waals surface area (Å²) in [6, 6.07) is 1.02. The van der Waals surface area contributed by atoms with Crippen molar-refractivity contribution in [2.24, 2.45) is 22.9 Å². The first-order chi connectivity index (χ1) is 23.3. The molecule has 1 aromatic carbocycles. The minimum atomic E-state index is -1.66. The molecule has 0 atom stereocenters. The minimum Gasteiger partial charge on any atom is -0.478 e. The van der Waals surface area contributed by atoms with Crippen molar-refractivity contribution in [2.75, 3.05) is 0 Å². The highest BCUT2D eigenvalue weighted by atomic mass is 16.4. The number of unbranched alkanes of at least 4 members (excludes halogenated alkanes) is 8. The van der Waals surface area contributed by atoms with Gasteiger partial charge in [0.2, 0.25) is 23.6 Å². The highest BCUT2D eigenvalue weighted by Gasteiger charge is 2.25. The number of carboxylic acids is 4. The number of carbonyl (C=O) groups excluding carboxylic acids is 4. The van der Waals surface area contributed by atoms with E-state index in [2.05, 4.69) is 27.7 Å². The van der Waals surface area contributed by atoms with Crippen molar-refractivity contribution in [3.63, 3.8) is 0 Å². The number of aromatic carboxylic acids is 4. The fourth-order valence-electron chi connectivity index (χ4n) is 3.50. The maximum Gasteiger partial charge on any atom is 0.336 e. The van der Waals surface area contributed by atoms with E-state index in [1.807, 2.05) is 0 Å². The van der Waals surface area contributed by atoms with Crippen molar-refractivity contribution >= 4 is 47.5 Å². The van der Waals surface area contributed by atoms with E-state index in [4.69, 9.17) is 43.4 Å². The molecule has 0 bridgehead atoms. The molecule has 0 unspecified atom stereocenters. The molecule has 50 heavy (non-hydrogen) atoms. The monoisotopic (exact) mass is 714 g/mol. The first-order valence-corrected chi connectivity index (χ1v) is 16.6. The molecule has 0 aliphatic heterocycles. The summed E-state index contributed by atoms with van der Waals surface area (Å²) in [5.41, 5.74) is 16.4. The van der Waals surface area contributed by atoms with Gasteiger partial charge in [-0.3, -0.25) is 19.2 Å². The molecule has 0 fully saturated rings. The Morgan fingerprint density at radius 1 is 0.380 bits per heavy atom. The second kappa shape index (κ2) is 33.9. The molecule has 0 saturated heterocycles. The molecule has 0 saturated carbocycles. The highest BCUT2D eigenvalue weighted by Crippen LogP contribution is 2.18. The van der Waals surface area contributed by atoms with Gasteiger partial charge in [-0.2, -0.15) is 0 Å². The Hall–Kier alpha value is -5.02. The molecule has 1 aromatic rings. The predicted molar refractivity (Wildman–Crippen MR) is 188 cm³/mol. The van der Waals surface area contributed by atoms with E-state index >= 15 is 0 Å². The van der Waals surface area contributed by atoms with Gasteiger partial charge in [0.25, 0.3) is 0 Å². The molecule has 286 valence electrons. The first-order valence-electron chi connectivity index (χ1n) is 16.6. The van der Waals surface area contributed by atoms with Gasteiger partial charge >= 0.3 is 23.9 Å². The maximum absolute atomic E-state index is 10.8. The number of carboxylic acid groups (broad SMARTS) is 4. The van der Waals surface area contributed by atoms with Crippen LogP contribution in [0.1, 0.15) is 172 Å². The van der Waals surface area contributed by atoms with E-state index in [9.17, 15) is 38.4 Å². The average Bonchev–Trinajstić information content (AvgIpc) is 3.01. The molecule has 4 amide bonds. The molecule has 0 radical (unpaired) electrons. The Kier molecular flexibility index (Phi) is 35.1. The molecule has 16 heteroatoms. The fraction of sp³-hybridized carbons (Fsp3) is 0.588. The summed E-state index contributed by atoms with van der Waals surface area (Å²) >= 11 is 0. The van der Waals surface area contributed by atoms with Crippen LogP contribution in [-0.4, -0.2) is 67.9 Å². The lowest BCUT2D eigenvalue weighted by Crippen LogP contribution is -2.15. The third-order valence-corrected chi connectivity index (χ3v) is 6.19. The molecule has 12 N–H and O–H groups in total. The number of nitrogens with two attached hydrogens (primary N) is 4. The lowest BCUT2D eigenvalue weighted by atomic mass is 9.98. The van der Waals surface area contributed by atoms with Gasteiger partial charge in [-0.1, -0.05) is 79.1 Å². The third kappa shape index (κ3) is 34.3. The van der Waals surface area contributed by atoms with Gasteiger partial charge in [0.15, 0.2) is 0 Å². The number of benzene rings is 1. The van der Waals surface area contributed by atoms with Crippen molar-refractivity contribution in [3.05, 3.63) is 34.4 Å². The van der Waals surface area contributed by atoms with E-state index < -0.39 is 46.1 Å². The highest BCUT2D eigenvalue weighted by molar-refractivity contribution is 6.09. The zero-order valence-corrected chi connectivity index (χ0v) is 29.8. The van der Waals surface area contributed by atoms with Crippen molar-refractivity contribution in [2.45, 2.75) is 130 Å². The number of primary amides is 4. The molecule has 0 aliphatic rings. The normalized spacial score (nSPS) is 9.36. The predicted octanol–water partition coefficient (Wildman–Crippen LogP) is 4.69. The van der Waals surface area contributed by atoms with E-state index in [0.29, 0.717) is 37.8 Å². The topological polar surface area (TPSA) is 322 Å². The second-order valence-electron chi connectivity index (χ2n) is 10.9. The summed E-state index contributed by atoms with van der Waals surface area (Å²) in [4.78, 5) is 83.5. The lowest BCUT2D eigenvalue weighted by Gasteiger charge is -2.06. The van der Waals surface area contributed by atoms with Crippen molar-refractivity contribution in [3.8, 4) is 0 Å². The third-order valence-electron chi connectivity index (χ3n) is 6.19. The first kappa shape index (κ1) is 51.8. The average molecular weight is 715 g/mol. The summed E-state index contributed by atoms with van der Waals surface area (Å²) < 4.78 is 0. The number of carbonyl (C=O) groups is 8. The van der Waals surface area contributed by atoms with Gasteiger partial charge in [-0.05, 0) is 37.8 Å². The molecule has 0 spiro atoms. The smallest absolute Gasteiger partial charge is 0.336 e. The van der Waals surface area contributed by atoms with Gasteiger partial charge in [-0.25, -0.2) is 19.2 Å². The van der Waals surface area contributed by atoms with Crippen LogP contribution in [0.15, 0.2) is 12.1 Å². The van der Waals surface area contributed by atoms with Gasteiger partial charge in [-0.15, -0.1) is 0 Å². The zero-order chi connectivity index (χ0) is 39.7. The van der Waals surface area contributed by atoms with Crippen LogP contribution >= 0.6 is 0 Å². The van der Waals surface area contributed by atoms with Crippen molar-refractivity contribution in [1.29, 1.82) is 0 Å². The Balaban J connectivity index is -0.000000283. The fourth-order valence-corrected chi connectivity index (χ4v) is 3.50. The molecule has 0 aliphatic carbocycles. The lowest BCUT2D eigenvalue weighted by molar-refractivity contribution is -0.119. The molecule has 16 nitrogen and oxygen atoms in total. The molecule has 1 rings (SSSR count). The number of hydrogen-bond acceptors (Lipinski definition) is 8. The standard InChI is InChI=1S/C10H6O8.4C6H13NO/c11-7(12)3-1-4(8(13)14)6(10(17)18)2-5(3)9(15)16;4*1-2-3-4-5-6(7)8/h1-2H,(H,11,12)(H,13,14)(H,15,16)(H,17,18);4*2-5H2,1H3,(H2,7,8). The Bertz CT molecular complexity index is 1020. The number of hydrogen-bond donors (Lipinski definition) is 8. The Morgan fingerprint density at radius 3 is 0.640 bits per heavy atom. The molecular formula is C34H58N4O12. The van der Waals surface area contributed by atoms with Crippen LogP contribution in [0.2, 0.25) is 0 Å². The van der Waals surface area contributed by atoms with Gasteiger partial charge < -0.3 is 43.4 Å². The van der Waals surface area contributed by atoms with E-state index in [1.54, 1.807) is 0 Å². The van der Waals surface area contributed by atoms with Gasteiger partial charge in [0.05, 0.1) is 22.3 Å². The van der Waals surface area contributed by atoms with Gasteiger partial charge in [0, 0.05) is 25.7 Å². The Morgan fingerprint density at radius 2 is 0.540 bits per heavy atom. The van der Waals surface area contributed by atoms with Crippen molar-refractivity contribution in [1.82, 2.24) is 0 Å². The Labute approximate surface area is 294 Å². The quantitative estimate of drug-likeness (QED) is 0.0853. The minimum absolute atomic E-state index is 0.182. The van der Waals surface area contributed by atoms with Crippen molar-refractivity contribution < 1.29 is 58.8 Å². The van der Waals surface area contributed by atoms with Crippen LogP contribution in [0, 0.1) is 0 Å². The van der Waals surface area contributed by atoms with Crippen LogP contribution in [-0.2, 0) is 19.2 Å². The summed E-state index contributed by atoms with van der Waals surface area (Å²) in [5.74, 6) is -7.37. The van der Waals surface area contributed by atoms with Crippen LogP contribution in [0.3, 0.4) is 0 Å². The summed E-state index contributed by atoms with van der Waals surface area (Å²) in [6.07, 6.45) is 15.0. The van der Waals surface area contributed by atoms with E-state index in [1.165, 1.54) is 0 Å². The summed E-state index contributed by atoms with van der Waals surface area (Å²) in [6.45, 7) is 8.39. The van der Waals surface area contributed by atoms with Crippen LogP contribution < -0.4 is 22.9 Å². The van der Waals surface area contributed by atoms with Crippen LogP contribution in [0.25, 0.3) is 0 Å². The SMILES string of the molecule is CCCCCC(N)=O.CCCCCC(N)=O.CCCCCC(N)=O.CCCCCC(N)=O.O=C(O)c1cc(C(=O)O)c(C(=O)O)cc1C(=O)O. The van der Waals surface area contributed by atoms with Gasteiger partial charge in [0.1, 0.15) is 0 Å². The maximum atomic E-state index is 10.8. The number of amides is 4. The van der Waals surface area contributed by atoms with Crippen LogP contribution in [0.5, 0.6) is 0 Å². The molecule has 0 aromatic heterocycles. The number of rotatable bonds is 20. The molecular weight excluding hydrogens is 656 g/mol. The van der Waals surface area contributed by atoms with Crippen LogP contribution in [0.4, 0.5) is 0 Å². The van der Waals surface area contributed by atoms with E-state index in [-0.39, 0.29) is 23.6 Å². The largest absolute Gasteiger partial charge is 0.478 e. The molecule has 0 heterocycles. The summed E-state index contributed by atoms with van der Waals surface area (Å²) in [5, 5.41) is 35.0. The zero-order valence-electron chi connectivity index (χ0n) is 29.8.